The Morgan fingerprint density at radius 1 is 1.08 bits per heavy atom. The van der Waals surface area contributed by atoms with Gasteiger partial charge in [0.15, 0.2) is 5.96 Å². The molecule has 8 heteroatoms. The summed E-state index contributed by atoms with van der Waals surface area (Å²) in [5.74, 6) is 1.35. The highest BCUT2D eigenvalue weighted by Crippen LogP contribution is 2.19. The molecule has 2 fully saturated rings. The van der Waals surface area contributed by atoms with Gasteiger partial charge in [-0.25, -0.2) is 12.7 Å². The van der Waals surface area contributed by atoms with Crippen molar-refractivity contribution < 1.29 is 8.42 Å². The molecule has 2 aliphatic rings. The van der Waals surface area contributed by atoms with Gasteiger partial charge < -0.3 is 15.5 Å². The van der Waals surface area contributed by atoms with E-state index in [-0.39, 0.29) is 0 Å². The quantitative estimate of drug-likeness (QED) is 0.507. The molecule has 0 spiro atoms. The van der Waals surface area contributed by atoms with Crippen LogP contribution >= 0.6 is 0 Å². The summed E-state index contributed by atoms with van der Waals surface area (Å²) >= 11 is 0. The Kier molecular flexibility index (Phi) is 8.45. The van der Waals surface area contributed by atoms with E-state index in [1.165, 1.54) is 38.6 Å². The number of sulfonamides is 1. The number of aliphatic imine (C=N–C) groups is 1. The molecule has 0 unspecified atom stereocenters. The van der Waals surface area contributed by atoms with Crippen molar-refractivity contribution in [3.05, 3.63) is 0 Å². The fraction of sp³-hybridized carbons (Fsp3) is 0.941. The molecule has 2 rings (SSSR count). The van der Waals surface area contributed by atoms with E-state index < -0.39 is 10.0 Å². The van der Waals surface area contributed by atoms with Crippen LogP contribution in [0.5, 0.6) is 0 Å². The number of guanidine groups is 1. The SMILES string of the molecule is CCNC(=NCC1CCN(S(C)(=O)=O)CC1)NCCN1CCCCC1. The molecule has 0 amide bonds. The molecular weight excluding hydrogens is 338 g/mol. The van der Waals surface area contributed by atoms with Gasteiger partial charge in [-0.2, -0.15) is 0 Å². The summed E-state index contributed by atoms with van der Waals surface area (Å²) in [5, 5.41) is 6.74. The smallest absolute Gasteiger partial charge is 0.211 e. The average Bonchev–Trinajstić information content (AvgIpc) is 2.60. The zero-order valence-electron chi connectivity index (χ0n) is 15.8. The minimum atomic E-state index is -3.04. The summed E-state index contributed by atoms with van der Waals surface area (Å²) in [6, 6.07) is 0. The van der Waals surface area contributed by atoms with Crippen molar-refractivity contribution in [1.29, 1.82) is 0 Å². The Balaban J connectivity index is 1.71. The minimum Gasteiger partial charge on any atom is -0.357 e. The monoisotopic (exact) mass is 373 g/mol. The third kappa shape index (κ3) is 7.50. The van der Waals surface area contributed by atoms with Crippen molar-refractivity contribution >= 4 is 16.0 Å². The van der Waals surface area contributed by atoms with Crippen LogP contribution in [0.2, 0.25) is 0 Å². The lowest BCUT2D eigenvalue weighted by Crippen LogP contribution is -2.43. The maximum absolute atomic E-state index is 11.6. The Hall–Kier alpha value is -0.860. The van der Waals surface area contributed by atoms with Crippen molar-refractivity contribution in [1.82, 2.24) is 19.8 Å². The van der Waals surface area contributed by atoms with Gasteiger partial charge >= 0.3 is 0 Å². The van der Waals surface area contributed by atoms with Gasteiger partial charge in [-0.3, -0.25) is 4.99 Å². The van der Waals surface area contributed by atoms with Gasteiger partial charge in [0, 0.05) is 39.3 Å². The zero-order chi connectivity index (χ0) is 18.1. The first-order chi connectivity index (χ1) is 12.0. The highest BCUT2D eigenvalue weighted by molar-refractivity contribution is 7.88. The average molecular weight is 374 g/mol. The van der Waals surface area contributed by atoms with Crippen LogP contribution in [-0.4, -0.2) is 82.2 Å². The predicted octanol–water partition coefficient (Wildman–Crippen LogP) is 0.699. The van der Waals surface area contributed by atoms with E-state index in [2.05, 4.69) is 22.5 Å². The lowest BCUT2D eigenvalue weighted by atomic mass is 9.98. The first-order valence-electron chi connectivity index (χ1n) is 9.68. The first kappa shape index (κ1) is 20.5. The van der Waals surface area contributed by atoms with Crippen LogP contribution in [0.1, 0.15) is 39.0 Å². The summed E-state index contributed by atoms with van der Waals surface area (Å²) in [6.07, 6.45) is 7.08. The van der Waals surface area contributed by atoms with E-state index in [0.29, 0.717) is 19.0 Å². The van der Waals surface area contributed by atoms with E-state index in [1.807, 2.05) is 0 Å². The number of hydrogen-bond acceptors (Lipinski definition) is 4. The van der Waals surface area contributed by atoms with Crippen LogP contribution in [0.25, 0.3) is 0 Å². The molecule has 25 heavy (non-hydrogen) atoms. The second-order valence-corrected chi connectivity index (χ2v) is 9.14. The molecule has 0 aromatic carbocycles. The third-order valence-electron chi connectivity index (χ3n) is 5.06. The van der Waals surface area contributed by atoms with Crippen molar-refractivity contribution in [3.8, 4) is 0 Å². The number of piperidine rings is 2. The number of likely N-dealkylation sites (tertiary alicyclic amines) is 1. The molecule has 0 aromatic rings. The standard InChI is InChI=1S/C17H35N5O2S/c1-3-18-17(19-9-14-21-10-5-4-6-11-21)20-15-16-7-12-22(13-8-16)25(2,23)24/h16H,3-15H2,1-2H3,(H2,18,19,20). The van der Waals surface area contributed by atoms with Gasteiger partial charge in [0.05, 0.1) is 6.26 Å². The topological polar surface area (TPSA) is 77.0 Å². The molecule has 0 aromatic heterocycles. The molecular formula is C17H35N5O2S. The van der Waals surface area contributed by atoms with Crippen LogP contribution in [-0.2, 0) is 10.0 Å². The van der Waals surface area contributed by atoms with Gasteiger partial charge in [0.2, 0.25) is 10.0 Å². The van der Waals surface area contributed by atoms with Crippen LogP contribution in [0.4, 0.5) is 0 Å². The summed E-state index contributed by atoms with van der Waals surface area (Å²) < 4.78 is 24.7. The van der Waals surface area contributed by atoms with Crippen molar-refractivity contribution in [3.63, 3.8) is 0 Å². The number of nitrogens with zero attached hydrogens (tertiary/aromatic N) is 3. The van der Waals surface area contributed by atoms with E-state index >= 15 is 0 Å². The van der Waals surface area contributed by atoms with Crippen LogP contribution in [0, 0.1) is 5.92 Å². The second-order valence-electron chi connectivity index (χ2n) is 7.15. The van der Waals surface area contributed by atoms with Crippen LogP contribution in [0.3, 0.4) is 0 Å². The fourth-order valence-corrected chi connectivity index (χ4v) is 4.38. The summed E-state index contributed by atoms with van der Waals surface area (Å²) in [7, 11) is -3.04. The molecule has 2 heterocycles. The lowest BCUT2D eigenvalue weighted by molar-refractivity contribution is 0.232. The van der Waals surface area contributed by atoms with E-state index in [9.17, 15) is 8.42 Å². The van der Waals surface area contributed by atoms with Gasteiger partial charge in [-0.05, 0) is 51.6 Å². The lowest BCUT2D eigenvalue weighted by Gasteiger charge is -2.29. The summed E-state index contributed by atoms with van der Waals surface area (Å²) in [6.45, 7) is 9.35. The largest absolute Gasteiger partial charge is 0.357 e. The highest BCUT2D eigenvalue weighted by Gasteiger charge is 2.24. The molecule has 0 atom stereocenters. The number of nitrogens with one attached hydrogen (secondary N) is 2. The van der Waals surface area contributed by atoms with Crippen molar-refractivity contribution in [2.24, 2.45) is 10.9 Å². The molecule has 2 saturated heterocycles. The minimum absolute atomic E-state index is 0.468. The number of hydrogen-bond donors (Lipinski definition) is 2. The molecule has 146 valence electrons. The molecule has 0 radical (unpaired) electrons. The Morgan fingerprint density at radius 3 is 2.36 bits per heavy atom. The molecule has 2 aliphatic heterocycles. The zero-order valence-corrected chi connectivity index (χ0v) is 16.7. The maximum Gasteiger partial charge on any atom is 0.211 e. The fourth-order valence-electron chi connectivity index (χ4n) is 3.50. The van der Waals surface area contributed by atoms with Crippen LogP contribution in [0.15, 0.2) is 4.99 Å². The third-order valence-corrected chi connectivity index (χ3v) is 6.37. The van der Waals surface area contributed by atoms with E-state index in [4.69, 9.17) is 4.99 Å². The maximum atomic E-state index is 11.6. The van der Waals surface area contributed by atoms with Gasteiger partial charge in [-0.15, -0.1) is 0 Å². The molecule has 0 aliphatic carbocycles. The van der Waals surface area contributed by atoms with Gasteiger partial charge in [-0.1, -0.05) is 6.42 Å². The predicted molar refractivity (Wildman–Crippen MR) is 103 cm³/mol. The molecule has 7 nitrogen and oxygen atoms in total. The Morgan fingerprint density at radius 2 is 1.76 bits per heavy atom. The second kappa shape index (κ2) is 10.3. The van der Waals surface area contributed by atoms with Gasteiger partial charge in [0.1, 0.15) is 0 Å². The first-order valence-corrected chi connectivity index (χ1v) is 11.5. The molecule has 0 bridgehead atoms. The summed E-state index contributed by atoms with van der Waals surface area (Å²) in [5.41, 5.74) is 0. The van der Waals surface area contributed by atoms with Crippen LogP contribution < -0.4 is 10.6 Å². The van der Waals surface area contributed by atoms with Gasteiger partial charge in [0.25, 0.3) is 0 Å². The highest BCUT2D eigenvalue weighted by atomic mass is 32.2. The van der Waals surface area contributed by atoms with Crippen molar-refractivity contribution in [2.75, 3.05) is 58.6 Å². The Labute approximate surface area is 153 Å². The van der Waals surface area contributed by atoms with Crippen molar-refractivity contribution in [2.45, 2.75) is 39.0 Å². The number of rotatable bonds is 7. The van der Waals surface area contributed by atoms with E-state index in [0.717, 1.165) is 45.0 Å². The summed E-state index contributed by atoms with van der Waals surface area (Å²) in [4.78, 5) is 7.23. The van der Waals surface area contributed by atoms with E-state index in [1.54, 1.807) is 4.31 Å². The molecule has 0 saturated carbocycles. The normalized spacial score (nSPS) is 22.1. The Bertz CT molecular complexity index is 509. The molecule has 2 N–H and O–H groups in total.